The zero-order valence-corrected chi connectivity index (χ0v) is 11.6. The van der Waals surface area contributed by atoms with E-state index in [1.165, 1.54) is 11.3 Å². The highest BCUT2D eigenvalue weighted by Gasteiger charge is 2.09. The third kappa shape index (κ3) is 2.82. The van der Waals surface area contributed by atoms with Crippen LogP contribution in [-0.2, 0) is 13.1 Å². The second kappa shape index (κ2) is 5.40. The number of rotatable bonds is 5. The van der Waals surface area contributed by atoms with E-state index in [9.17, 15) is 0 Å². The van der Waals surface area contributed by atoms with Gasteiger partial charge in [0.1, 0.15) is 11.5 Å². The number of nitrogens with zero attached hydrogens (tertiary/aromatic N) is 2. The molecule has 2 rings (SSSR count). The fourth-order valence-corrected chi connectivity index (χ4v) is 2.08. The van der Waals surface area contributed by atoms with E-state index in [1.54, 1.807) is 0 Å². The molecule has 0 saturated heterocycles. The molecule has 0 aliphatic carbocycles. The molecule has 2 aromatic rings. The van der Waals surface area contributed by atoms with Gasteiger partial charge in [0.15, 0.2) is 0 Å². The van der Waals surface area contributed by atoms with Gasteiger partial charge in [0.25, 0.3) is 0 Å². The van der Waals surface area contributed by atoms with Crippen molar-refractivity contribution in [1.29, 1.82) is 0 Å². The summed E-state index contributed by atoms with van der Waals surface area (Å²) < 4.78 is 7.75. The van der Waals surface area contributed by atoms with Crippen molar-refractivity contribution in [3.63, 3.8) is 0 Å². The molecule has 0 spiro atoms. The lowest BCUT2D eigenvalue weighted by molar-refractivity contribution is 0.461. The Morgan fingerprint density at radius 3 is 2.67 bits per heavy atom. The molecule has 18 heavy (non-hydrogen) atoms. The molecular formula is C14H21N3O. The van der Waals surface area contributed by atoms with Crippen LogP contribution >= 0.6 is 0 Å². The van der Waals surface area contributed by atoms with Gasteiger partial charge < -0.3 is 9.73 Å². The predicted octanol–water partition coefficient (Wildman–Crippen LogP) is 2.56. The standard InChI is InChI=1S/C14H21N3O/c1-5-15-8-14-7-13(12(4)18-14)9-17-11(3)6-10(2)16-17/h6-7,15H,5,8-9H2,1-4H3. The molecule has 0 atom stereocenters. The van der Waals surface area contributed by atoms with Crippen molar-refractivity contribution in [2.45, 2.75) is 40.8 Å². The Hall–Kier alpha value is -1.55. The van der Waals surface area contributed by atoms with E-state index in [0.29, 0.717) is 0 Å². The molecule has 2 heterocycles. The second-order valence-corrected chi connectivity index (χ2v) is 4.66. The Kier molecular flexibility index (Phi) is 3.87. The first-order valence-corrected chi connectivity index (χ1v) is 6.40. The van der Waals surface area contributed by atoms with Crippen molar-refractivity contribution in [2.75, 3.05) is 6.54 Å². The highest BCUT2D eigenvalue weighted by molar-refractivity contribution is 5.22. The summed E-state index contributed by atoms with van der Waals surface area (Å²) in [7, 11) is 0. The SMILES string of the molecule is CCNCc1cc(Cn2nc(C)cc2C)c(C)o1. The third-order valence-corrected chi connectivity index (χ3v) is 3.04. The van der Waals surface area contributed by atoms with Gasteiger partial charge in [0.2, 0.25) is 0 Å². The van der Waals surface area contributed by atoms with Crippen LogP contribution in [0.1, 0.15) is 35.4 Å². The van der Waals surface area contributed by atoms with Crippen molar-refractivity contribution < 1.29 is 4.42 Å². The minimum Gasteiger partial charge on any atom is -0.465 e. The molecule has 0 fully saturated rings. The average Bonchev–Trinajstić information content (AvgIpc) is 2.81. The number of nitrogens with one attached hydrogen (secondary N) is 1. The Balaban J connectivity index is 2.13. The van der Waals surface area contributed by atoms with Crippen molar-refractivity contribution in [1.82, 2.24) is 15.1 Å². The average molecular weight is 247 g/mol. The summed E-state index contributed by atoms with van der Waals surface area (Å²) in [6, 6.07) is 4.21. The minimum atomic E-state index is 0.779. The van der Waals surface area contributed by atoms with E-state index < -0.39 is 0 Å². The van der Waals surface area contributed by atoms with Crippen LogP contribution in [0.15, 0.2) is 16.5 Å². The van der Waals surface area contributed by atoms with E-state index in [1.807, 2.05) is 18.5 Å². The molecule has 0 aromatic carbocycles. The summed E-state index contributed by atoms with van der Waals surface area (Å²) in [5.41, 5.74) is 3.44. The van der Waals surface area contributed by atoms with E-state index in [4.69, 9.17) is 4.42 Å². The summed E-state index contributed by atoms with van der Waals surface area (Å²) in [4.78, 5) is 0. The maximum atomic E-state index is 5.73. The van der Waals surface area contributed by atoms with Crippen molar-refractivity contribution in [3.8, 4) is 0 Å². The first kappa shape index (κ1) is 12.9. The fourth-order valence-electron chi connectivity index (χ4n) is 2.08. The largest absolute Gasteiger partial charge is 0.465 e. The van der Waals surface area contributed by atoms with Crippen molar-refractivity contribution >= 4 is 0 Å². The number of aryl methyl sites for hydroxylation is 3. The maximum absolute atomic E-state index is 5.73. The van der Waals surface area contributed by atoms with Gasteiger partial charge in [-0.05, 0) is 39.4 Å². The van der Waals surface area contributed by atoms with Crippen LogP contribution in [0.25, 0.3) is 0 Å². The summed E-state index contributed by atoms with van der Waals surface area (Å²) in [5, 5.41) is 7.75. The lowest BCUT2D eigenvalue weighted by Crippen LogP contribution is -2.10. The predicted molar refractivity (Wildman–Crippen MR) is 71.6 cm³/mol. The molecule has 4 nitrogen and oxygen atoms in total. The molecule has 1 N–H and O–H groups in total. The lowest BCUT2D eigenvalue weighted by atomic mass is 10.2. The van der Waals surface area contributed by atoms with Gasteiger partial charge >= 0.3 is 0 Å². The quantitative estimate of drug-likeness (QED) is 0.883. The summed E-state index contributed by atoms with van der Waals surface area (Å²) in [5.74, 6) is 1.97. The van der Waals surface area contributed by atoms with Crippen molar-refractivity contribution in [2.24, 2.45) is 0 Å². The first-order valence-electron chi connectivity index (χ1n) is 6.40. The molecule has 2 aromatic heterocycles. The lowest BCUT2D eigenvalue weighted by Gasteiger charge is -2.02. The fraction of sp³-hybridized carbons (Fsp3) is 0.500. The van der Waals surface area contributed by atoms with Crippen LogP contribution in [-0.4, -0.2) is 16.3 Å². The monoisotopic (exact) mass is 247 g/mol. The number of aromatic nitrogens is 2. The summed E-state index contributed by atoms with van der Waals surface area (Å²) in [6.07, 6.45) is 0. The zero-order valence-electron chi connectivity index (χ0n) is 11.6. The van der Waals surface area contributed by atoms with Crippen LogP contribution in [0.5, 0.6) is 0 Å². The van der Waals surface area contributed by atoms with E-state index in [0.717, 1.165) is 36.8 Å². The van der Waals surface area contributed by atoms with Gasteiger partial charge in [-0.25, -0.2) is 0 Å². The number of furan rings is 1. The number of hydrogen-bond donors (Lipinski definition) is 1. The van der Waals surface area contributed by atoms with Gasteiger partial charge in [0, 0.05) is 11.3 Å². The Morgan fingerprint density at radius 1 is 1.28 bits per heavy atom. The van der Waals surface area contributed by atoms with Crippen LogP contribution < -0.4 is 5.32 Å². The van der Waals surface area contributed by atoms with Crippen LogP contribution in [0, 0.1) is 20.8 Å². The normalized spacial score (nSPS) is 11.1. The number of hydrogen-bond acceptors (Lipinski definition) is 3. The van der Waals surface area contributed by atoms with Crippen LogP contribution in [0.3, 0.4) is 0 Å². The molecule has 0 bridgehead atoms. The van der Waals surface area contributed by atoms with Gasteiger partial charge in [0.05, 0.1) is 18.8 Å². The van der Waals surface area contributed by atoms with Gasteiger partial charge in [-0.2, -0.15) is 5.10 Å². The van der Waals surface area contributed by atoms with Gasteiger partial charge in [-0.3, -0.25) is 4.68 Å². The van der Waals surface area contributed by atoms with Gasteiger partial charge in [-0.1, -0.05) is 6.92 Å². The Labute approximate surface area is 108 Å². The summed E-state index contributed by atoms with van der Waals surface area (Å²) >= 11 is 0. The minimum absolute atomic E-state index is 0.779. The molecule has 0 radical (unpaired) electrons. The molecule has 0 amide bonds. The van der Waals surface area contributed by atoms with E-state index in [-0.39, 0.29) is 0 Å². The molecule has 98 valence electrons. The highest BCUT2D eigenvalue weighted by atomic mass is 16.3. The zero-order chi connectivity index (χ0) is 13.1. The first-order chi connectivity index (χ1) is 8.60. The molecular weight excluding hydrogens is 226 g/mol. The van der Waals surface area contributed by atoms with E-state index in [2.05, 4.69) is 36.4 Å². The third-order valence-electron chi connectivity index (χ3n) is 3.04. The second-order valence-electron chi connectivity index (χ2n) is 4.66. The van der Waals surface area contributed by atoms with Gasteiger partial charge in [-0.15, -0.1) is 0 Å². The molecule has 4 heteroatoms. The van der Waals surface area contributed by atoms with Crippen LogP contribution in [0.2, 0.25) is 0 Å². The smallest absolute Gasteiger partial charge is 0.118 e. The Bertz CT molecular complexity index is 525. The molecule has 0 saturated carbocycles. The molecule has 0 aliphatic heterocycles. The Morgan fingerprint density at radius 2 is 2.06 bits per heavy atom. The summed E-state index contributed by atoms with van der Waals surface area (Å²) in [6.45, 7) is 10.7. The van der Waals surface area contributed by atoms with Crippen molar-refractivity contribution in [3.05, 3.63) is 40.6 Å². The molecule has 0 aliphatic rings. The topological polar surface area (TPSA) is 43.0 Å². The maximum Gasteiger partial charge on any atom is 0.118 e. The molecule has 0 unspecified atom stereocenters. The van der Waals surface area contributed by atoms with E-state index >= 15 is 0 Å². The highest BCUT2D eigenvalue weighted by Crippen LogP contribution is 2.16. The van der Waals surface area contributed by atoms with Crippen LogP contribution in [0.4, 0.5) is 0 Å².